The Balaban J connectivity index is 2.41. The second kappa shape index (κ2) is 6.24. The average molecular weight is 249 g/mol. The summed E-state index contributed by atoms with van der Waals surface area (Å²) in [5, 5.41) is 9.24. The van der Waals surface area contributed by atoms with E-state index in [4.69, 9.17) is 0 Å². The Morgan fingerprint density at radius 3 is 2.22 bits per heavy atom. The van der Waals surface area contributed by atoms with E-state index in [9.17, 15) is 5.11 Å². The van der Waals surface area contributed by atoms with Gasteiger partial charge in [-0.2, -0.15) is 0 Å². The maximum Gasteiger partial charge on any atom is 0.115 e. The fourth-order valence-electron chi connectivity index (χ4n) is 2.16. The van der Waals surface area contributed by atoms with Crippen LogP contribution in [0.15, 0.2) is 24.3 Å². The molecule has 1 aromatic carbocycles. The van der Waals surface area contributed by atoms with Crippen molar-refractivity contribution >= 4 is 0 Å². The molecule has 0 bridgehead atoms. The van der Waals surface area contributed by atoms with Crippen LogP contribution in [0.2, 0.25) is 0 Å². The number of phenols is 1. The predicted molar refractivity (Wildman–Crippen MR) is 78.0 cm³/mol. The van der Waals surface area contributed by atoms with Gasteiger partial charge in [0, 0.05) is 12.6 Å². The fourth-order valence-corrected chi connectivity index (χ4v) is 2.16. The van der Waals surface area contributed by atoms with Crippen LogP contribution in [0.25, 0.3) is 0 Å². The van der Waals surface area contributed by atoms with E-state index >= 15 is 0 Å². The van der Waals surface area contributed by atoms with Gasteiger partial charge in [-0.25, -0.2) is 0 Å². The molecule has 18 heavy (non-hydrogen) atoms. The molecule has 1 atom stereocenters. The standard InChI is InChI=1S/C16H27NO/c1-13(17(5)12-16(2,3)4)6-7-14-8-10-15(18)11-9-14/h8-11,13,18H,6-7,12H2,1-5H3. The normalized spacial score (nSPS) is 13.9. The topological polar surface area (TPSA) is 23.5 Å². The van der Waals surface area contributed by atoms with Gasteiger partial charge in [-0.15, -0.1) is 0 Å². The van der Waals surface area contributed by atoms with E-state index in [-0.39, 0.29) is 0 Å². The van der Waals surface area contributed by atoms with Crippen molar-refractivity contribution < 1.29 is 5.11 Å². The minimum absolute atomic E-state index is 0.344. The Morgan fingerprint density at radius 1 is 1.17 bits per heavy atom. The first kappa shape index (κ1) is 15.0. The van der Waals surface area contributed by atoms with Gasteiger partial charge in [-0.1, -0.05) is 32.9 Å². The van der Waals surface area contributed by atoms with Crippen molar-refractivity contribution in [1.82, 2.24) is 4.90 Å². The largest absolute Gasteiger partial charge is 0.508 e. The van der Waals surface area contributed by atoms with Crippen LogP contribution >= 0.6 is 0 Å². The summed E-state index contributed by atoms with van der Waals surface area (Å²) < 4.78 is 0. The summed E-state index contributed by atoms with van der Waals surface area (Å²) in [6, 6.07) is 8.12. The molecule has 1 N–H and O–H groups in total. The van der Waals surface area contributed by atoms with Crippen LogP contribution in [0, 0.1) is 5.41 Å². The molecule has 1 rings (SSSR count). The summed E-state index contributed by atoms with van der Waals surface area (Å²) in [7, 11) is 2.20. The van der Waals surface area contributed by atoms with Crippen molar-refractivity contribution in [3.63, 3.8) is 0 Å². The Labute approximate surface area is 112 Å². The first-order chi connectivity index (χ1) is 8.28. The van der Waals surface area contributed by atoms with Crippen LogP contribution in [-0.4, -0.2) is 29.6 Å². The number of hydrogen-bond acceptors (Lipinski definition) is 2. The molecule has 1 unspecified atom stereocenters. The summed E-state index contributed by atoms with van der Waals surface area (Å²) in [4.78, 5) is 2.43. The molecule has 0 fully saturated rings. The Kier molecular flexibility index (Phi) is 5.21. The second-order valence-corrected chi connectivity index (χ2v) is 6.53. The smallest absolute Gasteiger partial charge is 0.115 e. The first-order valence-corrected chi connectivity index (χ1v) is 6.76. The van der Waals surface area contributed by atoms with Crippen molar-refractivity contribution in [2.45, 2.75) is 46.6 Å². The molecule has 0 aliphatic heterocycles. The van der Waals surface area contributed by atoms with Crippen LogP contribution in [-0.2, 0) is 6.42 Å². The molecule has 2 nitrogen and oxygen atoms in total. The monoisotopic (exact) mass is 249 g/mol. The van der Waals surface area contributed by atoms with Crippen molar-refractivity contribution in [2.24, 2.45) is 5.41 Å². The first-order valence-electron chi connectivity index (χ1n) is 6.76. The summed E-state index contributed by atoms with van der Waals surface area (Å²) >= 11 is 0. The van der Waals surface area contributed by atoms with Crippen molar-refractivity contribution in [3.8, 4) is 5.75 Å². The zero-order chi connectivity index (χ0) is 13.8. The fraction of sp³-hybridized carbons (Fsp3) is 0.625. The highest BCUT2D eigenvalue weighted by Gasteiger charge is 2.17. The predicted octanol–water partition coefficient (Wildman–Crippen LogP) is 3.69. The summed E-state index contributed by atoms with van der Waals surface area (Å²) in [6.45, 7) is 10.2. The van der Waals surface area contributed by atoms with Gasteiger partial charge < -0.3 is 10.0 Å². The maximum absolute atomic E-state index is 9.24. The molecule has 0 heterocycles. The zero-order valence-corrected chi connectivity index (χ0v) is 12.4. The van der Waals surface area contributed by atoms with E-state index in [0.29, 0.717) is 17.2 Å². The number of benzene rings is 1. The van der Waals surface area contributed by atoms with E-state index in [0.717, 1.165) is 19.4 Å². The number of phenolic OH excluding ortho intramolecular Hbond substituents is 1. The molecule has 2 heteroatoms. The van der Waals surface area contributed by atoms with E-state index in [1.807, 2.05) is 12.1 Å². The molecule has 0 radical (unpaired) electrons. The Morgan fingerprint density at radius 2 is 1.72 bits per heavy atom. The highest BCUT2D eigenvalue weighted by Crippen LogP contribution is 2.18. The average Bonchev–Trinajstić information content (AvgIpc) is 2.25. The summed E-state index contributed by atoms with van der Waals surface area (Å²) in [6.07, 6.45) is 2.22. The zero-order valence-electron chi connectivity index (χ0n) is 12.4. The lowest BCUT2D eigenvalue weighted by Crippen LogP contribution is -2.36. The van der Waals surface area contributed by atoms with Crippen LogP contribution in [0.3, 0.4) is 0 Å². The number of hydrogen-bond donors (Lipinski definition) is 1. The van der Waals surface area contributed by atoms with Gasteiger partial charge in [0.25, 0.3) is 0 Å². The molecule has 0 saturated heterocycles. The third-order valence-corrected chi connectivity index (χ3v) is 3.26. The molecule has 0 saturated carbocycles. The number of aromatic hydroxyl groups is 1. The van der Waals surface area contributed by atoms with Crippen LogP contribution in [0.4, 0.5) is 0 Å². The lowest BCUT2D eigenvalue weighted by Gasteiger charge is -2.31. The highest BCUT2D eigenvalue weighted by atomic mass is 16.3. The minimum atomic E-state index is 0.344. The molecular weight excluding hydrogens is 222 g/mol. The molecule has 0 aliphatic rings. The minimum Gasteiger partial charge on any atom is -0.508 e. The van der Waals surface area contributed by atoms with E-state index in [1.54, 1.807) is 12.1 Å². The van der Waals surface area contributed by atoms with Crippen LogP contribution < -0.4 is 0 Å². The van der Waals surface area contributed by atoms with Gasteiger partial charge in [0.05, 0.1) is 0 Å². The third kappa shape index (κ3) is 5.54. The molecule has 0 aliphatic carbocycles. The molecule has 0 aromatic heterocycles. The van der Waals surface area contributed by atoms with Gasteiger partial charge >= 0.3 is 0 Å². The molecular formula is C16H27NO. The van der Waals surface area contributed by atoms with E-state index in [1.165, 1.54) is 5.56 Å². The van der Waals surface area contributed by atoms with Gasteiger partial charge in [0.1, 0.15) is 5.75 Å². The Bertz CT molecular complexity index is 350. The quantitative estimate of drug-likeness (QED) is 0.860. The second-order valence-electron chi connectivity index (χ2n) is 6.53. The van der Waals surface area contributed by atoms with E-state index in [2.05, 4.69) is 39.6 Å². The van der Waals surface area contributed by atoms with Gasteiger partial charge in [0.15, 0.2) is 0 Å². The number of nitrogens with zero attached hydrogens (tertiary/aromatic N) is 1. The molecule has 0 amide bonds. The third-order valence-electron chi connectivity index (χ3n) is 3.26. The lowest BCUT2D eigenvalue weighted by atomic mass is 9.95. The number of aryl methyl sites for hydroxylation is 1. The van der Waals surface area contributed by atoms with E-state index < -0.39 is 0 Å². The molecule has 1 aromatic rings. The summed E-state index contributed by atoms with van der Waals surface area (Å²) in [5.74, 6) is 0.344. The van der Waals surface area contributed by atoms with Gasteiger partial charge in [0.2, 0.25) is 0 Å². The van der Waals surface area contributed by atoms with Crippen LogP contribution in [0.5, 0.6) is 5.75 Å². The highest BCUT2D eigenvalue weighted by molar-refractivity contribution is 5.25. The maximum atomic E-state index is 9.24. The van der Waals surface area contributed by atoms with Gasteiger partial charge in [-0.05, 0) is 49.9 Å². The SMILES string of the molecule is CC(CCc1ccc(O)cc1)N(C)CC(C)(C)C. The number of rotatable bonds is 5. The van der Waals surface area contributed by atoms with Crippen molar-refractivity contribution in [2.75, 3.05) is 13.6 Å². The Hall–Kier alpha value is -1.02. The van der Waals surface area contributed by atoms with Crippen LogP contribution in [0.1, 0.15) is 39.7 Å². The van der Waals surface area contributed by atoms with Crippen molar-refractivity contribution in [1.29, 1.82) is 0 Å². The summed E-state index contributed by atoms with van der Waals surface area (Å²) in [5.41, 5.74) is 1.64. The molecule has 102 valence electrons. The van der Waals surface area contributed by atoms with Crippen molar-refractivity contribution in [3.05, 3.63) is 29.8 Å². The van der Waals surface area contributed by atoms with Gasteiger partial charge in [-0.3, -0.25) is 0 Å². The molecule has 0 spiro atoms. The lowest BCUT2D eigenvalue weighted by molar-refractivity contribution is 0.175.